The molecule has 0 aliphatic carbocycles. The first-order valence-corrected chi connectivity index (χ1v) is 45.1. The van der Waals surface area contributed by atoms with Gasteiger partial charge in [0.2, 0.25) is 0 Å². The number of ether oxygens (including phenoxy) is 4. The van der Waals surface area contributed by atoms with E-state index < -0.39 is 97.5 Å². The van der Waals surface area contributed by atoms with Crippen LogP contribution in [0.4, 0.5) is 0 Å². The summed E-state index contributed by atoms with van der Waals surface area (Å²) < 4.78 is 68.7. The Balaban J connectivity index is 5.45. The number of aliphatic hydroxyl groups excluding tert-OH is 1. The Labute approximate surface area is 656 Å². The molecule has 618 valence electrons. The summed E-state index contributed by atoms with van der Waals surface area (Å²) in [7, 11) is -9.99. The molecule has 0 aliphatic heterocycles. The van der Waals surface area contributed by atoms with Crippen LogP contribution in [0.2, 0.25) is 0 Å². The van der Waals surface area contributed by atoms with E-state index in [4.69, 9.17) is 37.0 Å². The highest BCUT2D eigenvalue weighted by atomic mass is 31.2. The molecule has 0 amide bonds. The highest BCUT2D eigenvalue weighted by Gasteiger charge is 2.30. The monoisotopic (exact) mass is 1550 g/mol. The molecule has 0 saturated heterocycles. The van der Waals surface area contributed by atoms with E-state index in [0.717, 1.165) is 173 Å². The zero-order valence-electron chi connectivity index (χ0n) is 67.7. The molecule has 3 N–H and O–H groups in total. The van der Waals surface area contributed by atoms with Crippen LogP contribution in [0, 0.1) is 0 Å². The number of carbonyl (C=O) groups excluding carboxylic acids is 4. The van der Waals surface area contributed by atoms with Crippen LogP contribution in [-0.2, 0) is 65.4 Å². The number of hydrogen-bond donors (Lipinski definition) is 3. The van der Waals surface area contributed by atoms with Crippen LogP contribution < -0.4 is 0 Å². The summed E-state index contributed by atoms with van der Waals surface area (Å²) in [6.45, 7) is 4.56. The van der Waals surface area contributed by atoms with Crippen LogP contribution in [0.1, 0.15) is 336 Å². The summed E-state index contributed by atoms with van der Waals surface area (Å²) in [5.74, 6) is -2.27. The van der Waals surface area contributed by atoms with Crippen LogP contribution in [0.5, 0.6) is 0 Å². The van der Waals surface area contributed by atoms with Crippen molar-refractivity contribution in [3.8, 4) is 0 Å². The minimum atomic E-state index is -5.00. The van der Waals surface area contributed by atoms with Crippen molar-refractivity contribution in [2.75, 3.05) is 39.6 Å². The van der Waals surface area contributed by atoms with Gasteiger partial charge in [-0.15, -0.1) is 0 Å². The van der Waals surface area contributed by atoms with Gasteiger partial charge in [-0.1, -0.05) is 308 Å². The Kier molecular flexibility index (Phi) is 76.3. The third kappa shape index (κ3) is 79.0. The first-order valence-electron chi connectivity index (χ1n) is 42.1. The van der Waals surface area contributed by atoms with E-state index in [-0.39, 0.29) is 25.7 Å². The SMILES string of the molecule is CC/C=C\C/C=C\C/C=C\C/C=C\C/C=C\CCCCCC(=O)OCC(COP(=O)(O)OCC(O)COP(=O)(O)OCC(COC(=O)CCCC/C=C\C/C=C\C/C=C\C/C=C\CC)OC(=O)CCCCCCCCCCCCCCCCC)OC(=O)CCCCCCCC/C=C\C/C=C\C/C=C\CCCCC. The zero-order valence-corrected chi connectivity index (χ0v) is 69.5. The molecule has 0 fully saturated rings. The molecule has 17 nitrogen and oxygen atoms in total. The number of esters is 4. The van der Waals surface area contributed by atoms with E-state index in [2.05, 4.69) is 174 Å². The van der Waals surface area contributed by atoms with Gasteiger partial charge in [0, 0.05) is 25.7 Å². The largest absolute Gasteiger partial charge is 0.472 e. The number of allylic oxidation sites excluding steroid dienone is 24. The fourth-order valence-electron chi connectivity index (χ4n) is 11.0. The van der Waals surface area contributed by atoms with Gasteiger partial charge in [0.05, 0.1) is 26.4 Å². The van der Waals surface area contributed by atoms with Crippen LogP contribution in [0.15, 0.2) is 146 Å². The number of phosphoric acid groups is 2. The smallest absolute Gasteiger partial charge is 0.462 e. The molecular weight excluding hydrogens is 1400 g/mol. The number of aliphatic hydroxyl groups is 1. The maximum atomic E-state index is 13.1. The van der Waals surface area contributed by atoms with Gasteiger partial charge >= 0.3 is 39.5 Å². The summed E-state index contributed by atoms with van der Waals surface area (Å²) in [6, 6.07) is 0. The average molecular weight is 1550 g/mol. The van der Waals surface area contributed by atoms with Gasteiger partial charge in [-0.05, 0) is 148 Å². The molecule has 108 heavy (non-hydrogen) atoms. The number of phosphoric ester groups is 2. The molecule has 19 heteroatoms. The quantitative estimate of drug-likeness (QED) is 0.0169. The van der Waals surface area contributed by atoms with Crippen LogP contribution in [-0.4, -0.2) is 96.7 Å². The van der Waals surface area contributed by atoms with E-state index in [1.807, 2.05) is 0 Å². The van der Waals surface area contributed by atoms with Crippen molar-refractivity contribution in [2.24, 2.45) is 0 Å². The predicted octanol–water partition coefficient (Wildman–Crippen LogP) is 25.0. The van der Waals surface area contributed by atoms with Gasteiger partial charge in [0.1, 0.15) is 19.3 Å². The number of hydrogen-bond acceptors (Lipinski definition) is 15. The molecule has 0 bridgehead atoms. The number of carbonyl (C=O) groups is 4. The molecule has 0 heterocycles. The topological polar surface area (TPSA) is 237 Å². The second-order valence-electron chi connectivity index (χ2n) is 27.7. The molecular formula is C89H150O17P2. The third-order valence-corrected chi connectivity index (χ3v) is 19.2. The van der Waals surface area contributed by atoms with Gasteiger partial charge in [0.15, 0.2) is 12.2 Å². The Hall–Kier alpha value is -5.06. The van der Waals surface area contributed by atoms with Crippen molar-refractivity contribution in [1.29, 1.82) is 0 Å². The van der Waals surface area contributed by atoms with Gasteiger partial charge < -0.3 is 33.8 Å². The number of rotatable bonds is 78. The van der Waals surface area contributed by atoms with E-state index >= 15 is 0 Å². The molecule has 0 saturated carbocycles. The molecule has 0 aromatic heterocycles. The summed E-state index contributed by atoms with van der Waals surface area (Å²) in [4.78, 5) is 73.2. The third-order valence-electron chi connectivity index (χ3n) is 17.3. The van der Waals surface area contributed by atoms with Gasteiger partial charge in [-0.2, -0.15) is 0 Å². The summed E-state index contributed by atoms with van der Waals surface area (Å²) in [5.41, 5.74) is 0. The second-order valence-corrected chi connectivity index (χ2v) is 30.6. The first-order chi connectivity index (χ1) is 52.7. The molecule has 0 rings (SSSR count). The van der Waals surface area contributed by atoms with Gasteiger partial charge in [-0.25, -0.2) is 9.13 Å². The maximum absolute atomic E-state index is 13.1. The van der Waals surface area contributed by atoms with Crippen molar-refractivity contribution in [3.63, 3.8) is 0 Å². The zero-order chi connectivity index (χ0) is 78.9. The molecule has 0 aromatic carbocycles. The van der Waals surface area contributed by atoms with Crippen molar-refractivity contribution >= 4 is 39.5 Å². The molecule has 0 aliphatic rings. The normalized spacial score (nSPS) is 14.5. The Morgan fingerprint density at radius 3 is 0.787 bits per heavy atom. The highest BCUT2D eigenvalue weighted by molar-refractivity contribution is 7.47. The standard InChI is InChI=1S/C89H150O17P2/c1-5-9-13-17-21-25-29-33-37-39-41-43-47-50-54-58-62-66-70-74-87(92)100-80-85(106-89(94)76-72-68-64-60-56-52-48-44-42-40-38-34-30-26-22-18-14-10-6-2)82-104-108(97,98)102-78-83(90)77-101-107(95,96)103-81-84(105-88(93)75-71-67-63-59-55-51-46-36-32-28-24-20-16-12-8-4)79-99-86(91)73-69-65-61-57-53-49-45-35-31-27-23-19-15-11-7-3/h9,11,13,15,21-23,25-27,33-35,37-38,41-45,50,53-54,57,83-85,90H,5-8,10,12,14,16-20,24,28-32,36,39-40,46-49,51-52,55-56,58-82H2,1-4H3,(H,95,96)(H,97,98)/b13-9-,15-11-,25-21-,26-22-,27-23-,37-33-,38-34-,43-41-,44-42-,45-35-,54-50-,57-53-. The lowest BCUT2D eigenvalue weighted by Gasteiger charge is -2.21. The first kappa shape index (κ1) is 103. The lowest BCUT2D eigenvalue weighted by Crippen LogP contribution is -2.30. The lowest BCUT2D eigenvalue weighted by atomic mass is 10.0. The summed E-state index contributed by atoms with van der Waals surface area (Å²) >= 11 is 0. The van der Waals surface area contributed by atoms with E-state index in [1.54, 1.807) is 0 Å². The summed E-state index contributed by atoms with van der Waals surface area (Å²) in [5, 5.41) is 10.7. The highest BCUT2D eigenvalue weighted by Crippen LogP contribution is 2.45. The Bertz CT molecular complexity index is 2610. The fourth-order valence-corrected chi connectivity index (χ4v) is 12.5. The summed E-state index contributed by atoms with van der Waals surface area (Å²) in [6.07, 6.45) is 92.4. The van der Waals surface area contributed by atoms with E-state index in [9.17, 15) is 43.2 Å². The van der Waals surface area contributed by atoms with Crippen LogP contribution in [0.25, 0.3) is 0 Å². The van der Waals surface area contributed by atoms with Crippen molar-refractivity contribution in [2.45, 2.75) is 354 Å². The van der Waals surface area contributed by atoms with Crippen molar-refractivity contribution in [3.05, 3.63) is 146 Å². The molecule has 0 radical (unpaired) electrons. The maximum Gasteiger partial charge on any atom is 0.472 e. The van der Waals surface area contributed by atoms with Crippen LogP contribution >= 0.6 is 15.6 Å². The molecule has 5 atom stereocenters. The minimum Gasteiger partial charge on any atom is -0.462 e. The Morgan fingerprint density at radius 1 is 0.269 bits per heavy atom. The minimum absolute atomic E-state index is 0.0681. The fraction of sp³-hybridized carbons (Fsp3) is 0.685. The Morgan fingerprint density at radius 2 is 0.481 bits per heavy atom. The van der Waals surface area contributed by atoms with Gasteiger partial charge in [-0.3, -0.25) is 37.3 Å². The van der Waals surface area contributed by atoms with Crippen LogP contribution in [0.3, 0.4) is 0 Å². The molecule has 0 aromatic rings. The molecule has 0 spiro atoms. The van der Waals surface area contributed by atoms with Crippen molar-refractivity contribution in [1.82, 2.24) is 0 Å². The number of unbranched alkanes of at least 4 members (excludes halogenated alkanes) is 28. The van der Waals surface area contributed by atoms with E-state index in [1.165, 1.54) is 83.5 Å². The lowest BCUT2D eigenvalue weighted by molar-refractivity contribution is -0.161. The molecule has 5 unspecified atom stereocenters. The van der Waals surface area contributed by atoms with Gasteiger partial charge in [0.25, 0.3) is 0 Å². The predicted molar refractivity (Wildman–Crippen MR) is 445 cm³/mol. The second kappa shape index (κ2) is 80.0. The van der Waals surface area contributed by atoms with Crippen molar-refractivity contribution < 1.29 is 80.2 Å². The van der Waals surface area contributed by atoms with E-state index in [0.29, 0.717) is 25.7 Å². The average Bonchev–Trinajstić information content (AvgIpc) is 0.896.